The van der Waals surface area contributed by atoms with Crippen LogP contribution in [0.2, 0.25) is 0 Å². The molecule has 3 aromatic rings. The highest BCUT2D eigenvalue weighted by Crippen LogP contribution is 2.20. The minimum Gasteiger partial charge on any atom is -0.492 e. The molecular weight excluding hydrogens is 420 g/mol. The zero-order valence-electron chi connectivity index (χ0n) is 18.6. The van der Waals surface area contributed by atoms with Crippen molar-refractivity contribution in [2.75, 3.05) is 57.0 Å². The number of amides is 1. The minimum absolute atomic E-state index is 0.158. The minimum atomic E-state index is -0.385. The molecule has 1 aliphatic heterocycles. The van der Waals surface area contributed by atoms with E-state index >= 15 is 0 Å². The Labute approximate surface area is 192 Å². The maximum atomic E-state index is 12.7. The summed E-state index contributed by atoms with van der Waals surface area (Å²) >= 11 is 0. The summed E-state index contributed by atoms with van der Waals surface area (Å²) in [6.45, 7) is 5.54. The molecule has 33 heavy (non-hydrogen) atoms. The van der Waals surface area contributed by atoms with Gasteiger partial charge in [0.15, 0.2) is 0 Å². The predicted molar refractivity (Wildman–Crippen MR) is 129 cm³/mol. The van der Waals surface area contributed by atoms with Gasteiger partial charge in [0, 0.05) is 57.1 Å². The SMILES string of the molecule is CNc1cccc(-c2c[nH]c(=O)c(NC(=O)c3ccc(OCCN4CCNCC4)cc3)c2)n1. The van der Waals surface area contributed by atoms with Crippen molar-refractivity contribution < 1.29 is 9.53 Å². The largest absolute Gasteiger partial charge is 0.492 e. The third-order valence-corrected chi connectivity index (χ3v) is 5.45. The third kappa shape index (κ3) is 5.97. The Kier molecular flexibility index (Phi) is 7.33. The maximum Gasteiger partial charge on any atom is 0.271 e. The third-order valence-electron chi connectivity index (χ3n) is 5.45. The standard InChI is InChI=1S/C24H28N6O3/c1-25-22-4-2-3-20(28-22)18-15-21(24(32)27-16-18)29-23(31)17-5-7-19(8-6-17)33-14-13-30-11-9-26-10-12-30/h2-8,15-16,26H,9-14H2,1H3,(H,25,28)(H,27,32)(H,29,31). The van der Waals surface area contributed by atoms with E-state index in [0.717, 1.165) is 32.7 Å². The maximum absolute atomic E-state index is 12.7. The average Bonchev–Trinajstić information content (AvgIpc) is 2.86. The van der Waals surface area contributed by atoms with E-state index in [1.807, 2.05) is 18.2 Å². The van der Waals surface area contributed by atoms with Crippen molar-refractivity contribution in [1.82, 2.24) is 20.2 Å². The lowest BCUT2D eigenvalue weighted by atomic mass is 10.1. The van der Waals surface area contributed by atoms with Gasteiger partial charge in [-0.3, -0.25) is 14.5 Å². The van der Waals surface area contributed by atoms with E-state index in [0.29, 0.717) is 35.0 Å². The molecule has 0 aliphatic carbocycles. The monoisotopic (exact) mass is 448 g/mol. The number of rotatable bonds is 8. The van der Waals surface area contributed by atoms with Crippen LogP contribution in [0, 0.1) is 0 Å². The molecule has 2 aromatic heterocycles. The number of nitrogens with zero attached hydrogens (tertiary/aromatic N) is 2. The summed E-state index contributed by atoms with van der Waals surface area (Å²) in [5.74, 6) is 1.04. The lowest BCUT2D eigenvalue weighted by Gasteiger charge is -2.26. The second-order valence-corrected chi connectivity index (χ2v) is 7.71. The van der Waals surface area contributed by atoms with Gasteiger partial charge >= 0.3 is 0 Å². The van der Waals surface area contributed by atoms with Crippen molar-refractivity contribution >= 4 is 17.4 Å². The fourth-order valence-electron chi connectivity index (χ4n) is 3.58. The van der Waals surface area contributed by atoms with Gasteiger partial charge in [-0.2, -0.15) is 0 Å². The first-order valence-corrected chi connectivity index (χ1v) is 11.0. The molecule has 1 amide bonds. The molecule has 4 N–H and O–H groups in total. The van der Waals surface area contributed by atoms with Crippen LogP contribution in [-0.2, 0) is 0 Å². The van der Waals surface area contributed by atoms with Crippen molar-refractivity contribution in [1.29, 1.82) is 0 Å². The van der Waals surface area contributed by atoms with Crippen molar-refractivity contribution in [2.24, 2.45) is 0 Å². The van der Waals surface area contributed by atoms with Crippen LogP contribution in [0.15, 0.2) is 59.5 Å². The van der Waals surface area contributed by atoms with E-state index in [9.17, 15) is 9.59 Å². The molecule has 0 radical (unpaired) electrons. The molecule has 0 atom stereocenters. The fraction of sp³-hybridized carbons (Fsp3) is 0.292. The lowest BCUT2D eigenvalue weighted by molar-refractivity contribution is 0.102. The van der Waals surface area contributed by atoms with Crippen molar-refractivity contribution in [3.63, 3.8) is 0 Å². The molecule has 172 valence electrons. The van der Waals surface area contributed by atoms with E-state index in [1.54, 1.807) is 43.6 Å². The van der Waals surface area contributed by atoms with E-state index in [2.05, 4.69) is 30.8 Å². The van der Waals surface area contributed by atoms with Crippen LogP contribution in [-0.4, -0.2) is 67.2 Å². The molecule has 9 heteroatoms. The molecule has 1 saturated heterocycles. The number of anilines is 2. The molecular formula is C24H28N6O3. The van der Waals surface area contributed by atoms with Gasteiger partial charge in [-0.05, 0) is 42.5 Å². The number of aromatic nitrogens is 2. The van der Waals surface area contributed by atoms with Crippen LogP contribution in [0.4, 0.5) is 11.5 Å². The zero-order chi connectivity index (χ0) is 23.0. The van der Waals surface area contributed by atoms with Crippen molar-refractivity contribution in [3.05, 3.63) is 70.6 Å². The number of piperazine rings is 1. The van der Waals surface area contributed by atoms with Crippen molar-refractivity contribution in [2.45, 2.75) is 0 Å². The quantitative estimate of drug-likeness (QED) is 0.417. The van der Waals surface area contributed by atoms with Gasteiger partial charge in [0.05, 0.1) is 5.69 Å². The van der Waals surface area contributed by atoms with Gasteiger partial charge < -0.3 is 25.7 Å². The average molecular weight is 449 g/mol. The van der Waals surface area contributed by atoms with E-state index in [1.165, 1.54) is 0 Å². The normalized spacial score (nSPS) is 14.0. The number of aromatic amines is 1. The summed E-state index contributed by atoms with van der Waals surface area (Å²) in [6, 6.07) is 14.1. The second-order valence-electron chi connectivity index (χ2n) is 7.71. The van der Waals surface area contributed by atoms with Gasteiger partial charge in [0.1, 0.15) is 23.9 Å². The van der Waals surface area contributed by atoms with Gasteiger partial charge in [-0.15, -0.1) is 0 Å². The first-order chi connectivity index (χ1) is 16.1. The molecule has 0 spiro atoms. The molecule has 4 rings (SSSR count). The number of H-pyrrole nitrogens is 1. The number of carbonyl (C=O) groups is 1. The Morgan fingerprint density at radius 2 is 1.94 bits per heavy atom. The molecule has 0 unspecified atom stereocenters. The Bertz CT molecular complexity index is 1140. The number of pyridine rings is 2. The van der Waals surface area contributed by atoms with Gasteiger partial charge in [0.25, 0.3) is 11.5 Å². The summed E-state index contributed by atoms with van der Waals surface area (Å²) in [5, 5.41) is 9.00. The number of nitrogens with one attached hydrogen (secondary N) is 4. The molecule has 0 bridgehead atoms. The Hall–Kier alpha value is -3.69. The van der Waals surface area contributed by atoms with Gasteiger partial charge in [-0.1, -0.05) is 6.07 Å². The molecule has 3 heterocycles. The predicted octanol–water partition coefficient (Wildman–Crippen LogP) is 2.01. The summed E-state index contributed by atoms with van der Waals surface area (Å²) in [5.41, 5.74) is 1.57. The number of hydrogen-bond donors (Lipinski definition) is 4. The smallest absolute Gasteiger partial charge is 0.271 e. The van der Waals surface area contributed by atoms with E-state index in [-0.39, 0.29) is 17.2 Å². The van der Waals surface area contributed by atoms with Gasteiger partial charge in [-0.25, -0.2) is 4.98 Å². The number of carbonyl (C=O) groups excluding carboxylic acids is 1. The number of hydrogen-bond acceptors (Lipinski definition) is 7. The first kappa shape index (κ1) is 22.5. The summed E-state index contributed by atoms with van der Waals surface area (Å²) in [4.78, 5) is 34.5. The first-order valence-electron chi connectivity index (χ1n) is 11.0. The topological polar surface area (TPSA) is 111 Å². The highest BCUT2D eigenvalue weighted by molar-refractivity contribution is 6.04. The lowest BCUT2D eigenvalue weighted by Crippen LogP contribution is -2.44. The van der Waals surface area contributed by atoms with Crippen LogP contribution in [0.3, 0.4) is 0 Å². The van der Waals surface area contributed by atoms with Crippen LogP contribution in [0.1, 0.15) is 10.4 Å². The highest BCUT2D eigenvalue weighted by Gasteiger charge is 2.12. The van der Waals surface area contributed by atoms with Crippen LogP contribution in [0.5, 0.6) is 5.75 Å². The van der Waals surface area contributed by atoms with Crippen molar-refractivity contribution in [3.8, 4) is 17.0 Å². The zero-order valence-corrected chi connectivity index (χ0v) is 18.6. The number of benzene rings is 1. The Morgan fingerprint density at radius 1 is 1.15 bits per heavy atom. The highest BCUT2D eigenvalue weighted by atomic mass is 16.5. The summed E-state index contributed by atoms with van der Waals surface area (Å²) < 4.78 is 5.80. The summed E-state index contributed by atoms with van der Waals surface area (Å²) in [7, 11) is 1.79. The van der Waals surface area contributed by atoms with E-state index in [4.69, 9.17) is 4.74 Å². The molecule has 1 fully saturated rings. The van der Waals surface area contributed by atoms with Gasteiger partial charge in [0.2, 0.25) is 0 Å². The number of ether oxygens (including phenoxy) is 1. The molecule has 9 nitrogen and oxygen atoms in total. The summed E-state index contributed by atoms with van der Waals surface area (Å²) in [6.07, 6.45) is 1.58. The van der Waals surface area contributed by atoms with Crippen LogP contribution in [0.25, 0.3) is 11.3 Å². The van der Waals surface area contributed by atoms with Crippen LogP contribution < -0.4 is 26.2 Å². The Balaban J connectivity index is 1.38. The molecule has 1 aromatic carbocycles. The second kappa shape index (κ2) is 10.8. The Morgan fingerprint density at radius 3 is 2.70 bits per heavy atom. The fourth-order valence-corrected chi connectivity index (χ4v) is 3.58. The molecule has 0 saturated carbocycles. The van der Waals surface area contributed by atoms with E-state index < -0.39 is 0 Å². The van der Waals surface area contributed by atoms with Crippen LogP contribution >= 0.6 is 0 Å². The molecule has 1 aliphatic rings.